The van der Waals surface area contributed by atoms with Gasteiger partial charge >= 0.3 is 0 Å². The number of hydrazine groups is 1. The van der Waals surface area contributed by atoms with Gasteiger partial charge in [-0.05, 0) is 13.8 Å². The number of hydrogen-bond donors (Lipinski definition) is 0. The molecule has 0 unspecified atom stereocenters. The van der Waals surface area contributed by atoms with Gasteiger partial charge in [-0.1, -0.05) is 0 Å². The van der Waals surface area contributed by atoms with Gasteiger partial charge in [0.2, 0.25) is 0 Å². The maximum Gasteiger partial charge on any atom is 0.252 e. The van der Waals surface area contributed by atoms with Crippen molar-refractivity contribution >= 4 is 17.5 Å². The summed E-state index contributed by atoms with van der Waals surface area (Å²) in [6.45, 7) is 4.40. The van der Waals surface area contributed by atoms with Crippen LogP contribution in [0.15, 0.2) is 0 Å². The summed E-state index contributed by atoms with van der Waals surface area (Å²) in [5.74, 6) is 0.210. The van der Waals surface area contributed by atoms with Crippen LogP contribution >= 0.6 is 0 Å². The predicted molar refractivity (Wildman–Crippen MR) is 53.9 cm³/mol. The predicted octanol–water partition coefficient (Wildman–Crippen LogP) is 0.00380. The summed E-state index contributed by atoms with van der Waals surface area (Å²) >= 11 is 0. The summed E-state index contributed by atoms with van der Waals surface area (Å²) < 4.78 is 0. The fraction of sp³-hybridized carbons (Fsp3) is 0.700. The first-order chi connectivity index (χ1) is 7.00. The summed E-state index contributed by atoms with van der Waals surface area (Å²) in [5.41, 5.74) is 0. The van der Waals surface area contributed by atoms with E-state index in [1.54, 1.807) is 5.01 Å². The number of nitrogens with zero attached hydrogens (tertiary/aromatic N) is 2. The molecule has 5 heteroatoms. The fourth-order valence-electron chi connectivity index (χ4n) is 1.42. The number of rotatable bonds is 6. The van der Waals surface area contributed by atoms with Crippen LogP contribution < -0.4 is 0 Å². The Morgan fingerprint density at radius 3 is 2.13 bits per heavy atom. The third-order valence-electron chi connectivity index (χ3n) is 2.34. The molecular formula is C10H16N2O3. The number of ketones is 2. The Morgan fingerprint density at radius 2 is 1.67 bits per heavy atom. The van der Waals surface area contributed by atoms with Crippen molar-refractivity contribution in [3.05, 3.63) is 0 Å². The molecule has 0 aliphatic carbocycles. The van der Waals surface area contributed by atoms with Crippen LogP contribution in [-0.4, -0.2) is 47.1 Å². The smallest absolute Gasteiger partial charge is 0.252 e. The van der Waals surface area contributed by atoms with Crippen molar-refractivity contribution in [2.24, 2.45) is 0 Å². The molecule has 0 atom stereocenters. The first-order valence-electron chi connectivity index (χ1n) is 5.05. The number of carbonyl (C=O) groups excluding carboxylic acids is 3. The van der Waals surface area contributed by atoms with E-state index in [2.05, 4.69) is 0 Å². The molecule has 1 aliphatic heterocycles. The molecular weight excluding hydrogens is 196 g/mol. The average Bonchev–Trinajstić information content (AvgIpc) is 2.11. The van der Waals surface area contributed by atoms with Crippen molar-refractivity contribution in [3.63, 3.8) is 0 Å². The molecule has 1 amide bonds. The van der Waals surface area contributed by atoms with E-state index in [0.29, 0.717) is 32.5 Å². The third kappa shape index (κ3) is 3.43. The maximum absolute atomic E-state index is 11.2. The Hall–Kier alpha value is -1.23. The zero-order valence-corrected chi connectivity index (χ0v) is 9.15. The number of hydrogen-bond acceptors (Lipinski definition) is 4. The highest BCUT2D eigenvalue weighted by molar-refractivity contribution is 5.83. The Balaban J connectivity index is 2.31. The van der Waals surface area contributed by atoms with Crippen LogP contribution in [0.4, 0.5) is 0 Å². The van der Waals surface area contributed by atoms with Gasteiger partial charge in [0.1, 0.15) is 11.6 Å². The van der Waals surface area contributed by atoms with Gasteiger partial charge in [-0.2, -0.15) is 0 Å². The Bertz CT molecular complexity index is 288. The van der Waals surface area contributed by atoms with Gasteiger partial charge in [0.25, 0.3) is 5.91 Å². The largest absolute Gasteiger partial charge is 0.300 e. The van der Waals surface area contributed by atoms with Gasteiger partial charge in [0.15, 0.2) is 0 Å². The van der Waals surface area contributed by atoms with E-state index in [1.807, 2.05) is 5.01 Å². The van der Waals surface area contributed by atoms with Gasteiger partial charge in [-0.25, -0.2) is 5.01 Å². The average molecular weight is 212 g/mol. The van der Waals surface area contributed by atoms with Gasteiger partial charge in [-0.15, -0.1) is 0 Å². The quantitative estimate of drug-likeness (QED) is 0.622. The molecule has 0 aromatic heterocycles. The minimum atomic E-state index is 0.0276. The van der Waals surface area contributed by atoms with Crippen molar-refractivity contribution < 1.29 is 14.4 Å². The molecule has 1 rings (SSSR count). The summed E-state index contributed by atoms with van der Waals surface area (Å²) in [7, 11) is 0. The summed E-state index contributed by atoms with van der Waals surface area (Å²) in [5, 5.41) is 3.36. The minimum absolute atomic E-state index is 0.0276. The van der Waals surface area contributed by atoms with E-state index in [4.69, 9.17) is 0 Å². The van der Waals surface area contributed by atoms with Crippen LogP contribution in [0.2, 0.25) is 0 Å². The first-order valence-corrected chi connectivity index (χ1v) is 5.05. The van der Waals surface area contributed by atoms with Gasteiger partial charge in [-0.3, -0.25) is 19.4 Å². The van der Waals surface area contributed by atoms with Gasteiger partial charge in [0, 0.05) is 25.9 Å². The lowest BCUT2D eigenvalue weighted by atomic mass is 10.2. The Kier molecular flexibility index (Phi) is 3.96. The van der Waals surface area contributed by atoms with Crippen molar-refractivity contribution in [1.82, 2.24) is 10.0 Å². The fourth-order valence-corrected chi connectivity index (χ4v) is 1.42. The number of amides is 1. The van der Waals surface area contributed by atoms with Crippen molar-refractivity contribution in [2.45, 2.75) is 26.7 Å². The van der Waals surface area contributed by atoms with Gasteiger partial charge in [0.05, 0.1) is 6.54 Å². The molecule has 0 radical (unpaired) electrons. The Morgan fingerprint density at radius 1 is 1.13 bits per heavy atom. The summed E-state index contributed by atoms with van der Waals surface area (Å²) in [6.07, 6.45) is 0.826. The first kappa shape index (κ1) is 11.8. The topological polar surface area (TPSA) is 57.7 Å². The van der Waals surface area contributed by atoms with Crippen molar-refractivity contribution in [2.75, 3.05) is 19.6 Å². The molecule has 1 fully saturated rings. The molecule has 1 heterocycles. The van der Waals surface area contributed by atoms with E-state index in [9.17, 15) is 14.4 Å². The molecule has 0 spiro atoms. The van der Waals surface area contributed by atoms with Crippen LogP contribution in [0.3, 0.4) is 0 Å². The van der Waals surface area contributed by atoms with E-state index in [0.717, 1.165) is 0 Å². The van der Waals surface area contributed by atoms with Crippen molar-refractivity contribution in [1.29, 1.82) is 0 Å². The van der Waals surface area contributed by atoms with Crippen LogP contribution in [-0.2, 0) is 14.4 Å². The van der Waals surface area contributed by atoms with Crippen LogP contribution in [0.25, 0.3) is 0 Å². The second-order valence-corrected chi connectivity index (χ2v) is 3.81. The molecule has 1 aliphatic rings. The molecule has 15 heavy (non-hydrogen) atoms. The van der Waals surface area contributed by atoms with E-state index >= 15 is 0 Å². The van der Waals surface area contributed by atoms with Crippen molar-refractivity contribution in [3.8, 4) is 0 Å². The normalized spacial score (nSPS) is 16.4. The monoisotopic (exact) mass is 212 g/mol. The zero-order chi connectivity index (χ0) is 11.4. The second kappa shape index (κ2) is 5.02. The molecule has 1 saturated heterocycles. The van der Waals surface area contributed by atoms with Gasteiger partial charge < -0.3 is 0 Å². The van der Waals surface area contributed by atoms with Crippen LogP contribution in [0.1, 0.15) is 26.7 Å². The molecule has 0 aromatic carbocycles. The third-order valence-corrected chi connectivity index (χ3v) is 2.34. The molecule has 5 nitrogen and oxygen atoms in total. The second-order valence-electron chi connectivity index (χ2n) is 3.81. The summed E-state index contributed by atoms with van der Waals surface area (Å²) in [4.78, 5) is 32.7. The highest BCUT2D eigenvalue weighted by Gasteiger charge is 2.32. The number of Topliss-reactive ketones (excluding diaryl/α,β-unsaturated/α-hetero) is 2. The highest BCUT2D eigenvalue weighted by atomic mass is 16.2. The zero-order valence-electron chi connectivity index (χ0n) is 9.15. The van der Waals surface area contributed by atoms with E-state index < -0.39 is 0 Å². The highest BCUT2D eigenvalue weighted by Crippen LogP contribution is 2.12. The minimum Gasteiger partial charge on any atom is -0.300 e. The summed E-state index contributed by atoms with van der Waals surface area (Å²) in [6, 6.07) is 0. The van der Waals surface area contributed by atoms with E-state index in [1.165, 1.54) is 13.8 Å². The molecule has 84 valence electrons. The molecule has 0 aromatic rings. The number of carbonyl (C=O) groups is 3. The van der Waals surface area contributed by atoms with Crippen LogP contribution in [0, 0.1) is 0 Å². The SMILES string of the molecule is CC(=O)CCN1CC(=O)N1CCC(C)=O. The van der Waals surface area contributed by atoms with E-state index in [-0.39, 0.29) is 17.5 Å². The lowest BCUT2D eigenvalue weighted by Gasteiger charge is -2.43. The molecule has 0 bridgehead atoms. The Labute approximate surface area is 89.0 Å². The molecule has 0 N–H and O–H groups in total. The lowest BCUT2D eigenvalue weighted by molar-refractivity contribution is -0.178. The van der Waals surface area contributed by atoms with Crippen LogP contribution in [0.5, 0.6) is 0 Å². The lowest BCUT2D eigenvalue weighted by Crippen LogP contribution is -2.62. The maximum atomic E-state index is 11.2. The molecule has 0 saturated carbocycles. The standard InChI is InChI=1S/C10H16N2O3/c1-8(13)3-5-11-7-10(15)12(11)6-4-9(2)14/h3-7H2,1-2H3.